The second-order valence-electron chi connectivity index (χ2n) is 5.04. The lowest BCUT2D eigenvalue weighted by atomic mass is 9.84. The average molecular weight is 267 g/mol. The molecule has 18 heavy (non-hydrogen) atoms. The molecule has 0 radical (unpaired) electrons. The molecule has 1 aliphatic carbocycles. The third-order valence-electron chi connectivity index (χ3n) is 3.49. The highest BCUT2D eigenvalue weighted by Crippen LogP contribution is 2.26. The number of halogens is 1. The van der Waals surface area contributed by atoms with Crippen LogP contribution in [0.1, 0.15) is 32.1 Å². The topological polar surface area (TPSA) is 55.1 Å². The summed E-state index contributed by atoms with van der Waals surface area (Å²) in [7, 11) is 0. The first kappa shape index (κ1) is 13.4. The molecule has 0 spiro atoms. The van der Waals surface area contributed by atoms with Crippen LogP contribution in [0.3, 0.4) is 0 Å². The zero-order chi connectivity index (χ0) is 13.0. The Kier molecular flexibility index (Phi) is 4.61. The summed E-state index contributed by atoms with van der Waals surface area (Å²) in [4.78, 5) is 11.9. The van der Waals surface area contributed by atoms with Crippen LogP contribution >= 0.6 is 11.6 Å². The fourth-order valence-corrected chi connectivity index (χ4v) is 2.53. The molecule has 0 bridgehead atoms. The predicted octanol–water partition coefficient (Wildman–Crippen LogP) is 3.19. The Balaban J connectivity index is 1.80. The maximum Gasteiger partial charge on any atom is 0.224 e. The molecule has 3 N–H and O–H groups in total. The quantitative estimate of drug-likeness (QED) is 0.883. The third-order valence-corrected chi connectivity index (χ3v) is 3.75. The number of hydrogen-bond donors (Lipinski definition) is 2. The molecule has 1 saturated carbocycles. The fraction of sp³-hybridized carbons (Fsp3) is 0.500. The van der Waals surface area contributed by atoms with Crippen molar-refractivity contribution >= 4 is 23.2 Å². The van der Waals surface area contributed by atoms with Crippen LogP contribution in [0.15, 0.2) is 24.3 Å². The number of carbonyl (C=O) groups excluding carboxylic acids is 1. The molecular formula is C14H19ClN2O. The molecule has 1 amide bonds. The zero-order valence-corrected chi connectivity index (χ0v) is 11.1. The van der Waals surface area contributed by atoms with Crippen LogP contribution in [0, 0.1) is 5.92 Å². The number of carbonyl (C=O) groups is 1. The van der Waals surface area contributed by atoms with Gasteiger partial charge in [-0.25, -0.2) is 0 Å². The van der Waals surface area contributed by atoms with Gasteiger partial charge in [0.15, 0.2) is 0 Å². The number of rotatable bonds is 3. The van der Waals surface area contributed by atoms with E-state index < -0.39 is 0 Å². The molecule has 98 valence electrons. The zero-order valence-electron chi connectivity index (χ0n) is 10.4. The number of nitrogens with two attached hydrogens (primary N) is 1. The highest BCUT2D eigenvalue weighted by molar-refractivity contribution is 6.30. The summed E-state index contributed by atoms with van der Waals surface area (Å²) in [5.74, 6) is 0.565. The van der Waals surface area contributed by atoms with E-state index in [4.69, 9.17) is 17.3 Å². The minimum absolute atomic E-state index is 0.0813. The maximum atomic E-state index is 11.9. The Labute approximate surface area is 113 Å². The van der Waals surface area contributed by atoms with E-state index in [1.807, 2.05) is 12.1 Å². The summed E-state index contributed by atoms with van der Waals surface area (Å²) in [6, 6.07) is 7.52. The normalized spacial score (nSPS) is 23.7. The van der Waals surface area contributed by atoms with E-state index in [9.17, 15) is 4.79 Å². The summed E-state index contributed by atoms with van der Waals surface area (Å²) >= 11 is 5.79. The van der Waals surface area contributed by atoms with Crippen molar-refractivity contribution in [1.29, 1.82) is 0 Å². The molecule has 1 aromatic rings. The van der Waals surface area contributed by atoms with Crippen molar-refractivity contribution in [3.8, 4) is 0 Å². The van der Waals surface area contributed by atoms with Crippen molar-refractivity contribution in [2.45, 2.75) is 38.1 Å². The molecule has 4 heteroatoms. The number of benzene rings is 1. The number of nitrogens with one attached hydrogen (secondary N) is 1. The van der Waals surface area contributed by atoms with Crippen LogP contribution in [-0.2, 0) is 4.79 Å². The van der Waals surface area contributed by atoms with Crippen LogP contribution in [-0.4, -0.2) is 11.9 Å². The van der Waals surface area contributed by atoms with Crippen LogP contribution in [0.4, 0.5) is 5.69 Å². The van der Waals surface area contributed by atoms with Crippen molar-refractivity contribution < 1.29 is 4.79 Å². The molecule has 0 unspecified atom stereocenters. The lowest BCUT2D eigenvalue weighted by Crippen LogP contribution is -2.28. The van der Waals surface area contributed by atoms with Crippen LogP contribution in [0.2, 0.25) is 5.02 Å². The van der Waals surface area contributed by atoms with Gasteiger partial charge in [-0.2, -0.15) is 0 Å². The fourth-order valence-electron chi connectivity index (χ4n) is 2.40. The summed E-state index contributed by atoms with van der Waals surface area (Å²) < 4.78 is 0. The number of amides is 1. The van der Waals surface area contributed by atoms with Crippen molar-refractivity contribution in [2.24, 2.45) is 11.7 Å². The largest absolute Gasteiger partial charge is 0.328 e. The first-order valence-corrected chi connectivity index (χ1v) is 6.82. The molecule has 0 heterocycles. The Morgan fingerprint density at radius 3 is 2.44 bits per heavy atom. The molecule has 3 nitrogen and oxygen atoms in total. The van der Waals surface area contributed by atoms with E-state index >= 15 is 0 Å². The molecular weight excluding hydrogens is 248 g/mol. The van der Waals surface area contributed by atoms with Crippen molar-refractivity contribution in [1.82, 2.24) is 0 Å². The van der Waals surface area contributed by atoms with Crippen LogP contribution in [0.5, 0.6) is 0 Å². The average Bonchev–Trinajstić information content (AvgIpc) is 2.35. The first-order valence-electron chi connectivity index (χ1n) is 6.44. The van der Waals surface area contributed by atoms with Gasteiger partial charge in [0.2, 0.25) is 5.91 Å². The second kappa shape index (κ2) is 6.21. The molecule has 1 aliphatic rings. The molecule has 1 fully saturated rings. The summed E-state index contributed by atoms with van der Waals surface area (Å²) in [5.41, 5.74) is 6.66. The minimum atomic E-state index is 0.0813. The lowest BCUT2D eigenvalue weighted by Gasteiger charge is -2.25. The molecule has 0 aromatic heterocycles. The summed E-state index contributed by atoms with van der Waals surface area (Å²) in [5, 5.41) is 3.57. The predicted molar refractivity (Wildman–Crippen MR) is 74.6 cm³/mol. The van der Waals surface area contributed by atoms with Crippen LogP contribution in [0.25, 0.3) is 0 Å². The van der Waals surface area contributed by atoms with E-state index in [1.54, 1.807) is 12.1 Å². The maximum absolute atomic E-state index is 11.9. The van der Waals surface area contributed by atoms with Crippen molar-refractivity contribution in [2.75, 3.05) is 5.32 Å². The van der Waals surface area contributed by atoms with Gasteiger partial charge in [-0.3, -0.25) is 4.79 Å². The van der Waals surface area contributed by atoms with E-state index in [2.05, 4.69) is 5.32 Å². The van der Waals surface area contributed by atoms with Gasteiger partial charge in [0.1, 0.15) is 0 Å². The number of anilines is 1. The Morgan fingerprint density at radius 1 is 1.22 bits per heavy atom. The molecule has 0 saturated heterocycles. The standard InChI is InChI=1S/C14H19ClN2O/c15-11-3-7-13(8-4-11)17-14(18)9-10-1-5-12(16)6-2-10/h3-4,7-8,10,12H,1-2,5-6,9,16H2,(H,17,18). The molecule has 2 rings (SSSR count). The van der Waals surface area contributed by atoms with Gasteiger partial charge in [0, 0.05) is 23.2 Å². The SMILES string of the molecule is NC1CCC(CC(=O)Nc2ccc(Cl)cc2)CC1. The van der Waals surface area contributed by atoms with Gasteiger partial charge >= 0.3 is 0 Å². The van der Waals surface area contributed by atoms with E-state index in [0.717, 1.165) is 31.4 Å². The Hall–Kier alpha value is -1.06. The summed E-state index contributed by atoms with van der Waals surface area (Å²) in [6.45, 7) is 0. The first-order chi connectivity index (χ1) is 8.63. The van der Waals surface area contributed by atoms with Gasteiger partial charge in [0.05, 0.1) is 0 Å². The Bertz CT molecular complexity index is 397. The van der Waals surface area contributed by atoms with Gasteiger partial charge < -0.3 is 11.1 Å². The van der Waals surface area contributed by atoms with Gasteiger partial charge in [0.25, 0.3) is 0 Å². The lowest BCUT2D eigenvalue weighted by molar-refractivity contribution is -0.117. The van der Waals surface area contributed by atoms with E-state index in [-0.39, 0.29) is 5.91 Å². The summed E-state index contributed by atoms with van der Waals surface area (Å²) in [6.07, 6.45) is 4.80. The Morgan fingerprint density at radius 2 is 1.83 bits per heavy atom. The van der Waals surface area contributed by atoms with Crippen LogP contribution < -0.4 is 11.1 Å². The van der Waals surface area contributed by atoms with Crippen molar-refractivity contribution in [3.05, 3.63) is 29.3 Å². The van der Waals surface area contributed by atoms with E-state index in [1.165, 1.54) is 0 Å². The second-order valence-corrected chi connectivity index (χ2v) is 5.48. The van der Waals surface area contributed by atoms with Gasteiger partial charge in [-0.15, -0.1) is 0 Å². The number of hydrogen-bond acceptors (Lipinski definition) is 2. The van der Waals surface area contributed by atoms with Crippen molar-refractivity contribution in [3.63, 3.8) is 0 Å². The van der Waals surface area contributed by atoms with E-state index in [0.29, 0.717) is 23.4 Å². The van der Waals surface area contributed by atoms with Gasteiger partial charge in [-0.1, -0.05) is 11.6 Å². The molecule has 1 aromatic carbocycles. The van der Waals surface area contributed by atoms with Gasteiger partial charge in [-0.05, 0) is 55.9 Å². The monoisotopic (exact) mass is 266 g/mol. The highest BCUT2D eigenvalue weighted by Gasteiger charge is 2.20. The molecule has 0 aliphatic heterocycles. The smallest absolute Gasteiger partial charge is 0.224 e. The highest BCUT2D eigenvalue weighted by atomic mass is 35.5. The molecule has 0 atom stereocenters. The minimum Gasteiger partial charge on any atom is -0.328 e. The third kappa shape index (κ3) is 4.00.